The molecule has 1 aromatic carbocycles. The Bertz CT molecular complexity index is 495. The van der Waals surface area contributed by atoms with E-state index in [1.54, 1.807) is 12.1 Å². The molecule has 0 fully saturated rings. The molecule has 72 valence electrons. The number of nitro groups is 1. The maximum atomic E-state index is 10.5. The Morgan fingerprint density at radius 1 is 1.57 bits per heavy atom. The molecule has 6 heteroatoms. The van der Waals surface area contributed by atoms with E-state index in [2.05, 4.69) is 4.37 Å². The van der Waals surface area contributed by atoms with E-state index >= 15 is 0 Å². The summed E-state index contributed by atoms with van der Waals surface area (Å²) in [4.78, 5) is 10.2. The molecule has 0 aliphatic rings. The summed E-state index contributed by atoms with van der Waals surface area (Å²) in [5.41, 5.74) is 0.119. The van der Waals surface area contributed by atoms with Crippen LogP contribution in [0.4, 0.5) is 5.69 Å². The molecule has 2 aromatic rings. The molecule has 0 spiro atoms. The van der Waals surface area contributed by atoms with Crippen molar-refractivity contribution < 1.29 is 4.92 Å². The van der Waals surface area contributed by atoms with Gasteiger partial charge in [0.05, 0.1) is 9.62 Å². The van der Waals surface area contributed by atoms with Crippen molar-refractivity contribution in [3.05, 3.63) is 28.3 Å². The summed E-state index contributed by atoms with van der Waals surface area (Å²) in [6, 6.07) is 4.82. The first-order valence-electron chi connectivity index (χ1n) is 3.80. The summed E-state index contributed by atoms with van der Waals surface area (Å²) in [7, 11) is 0. The van der Waals surface area contributed by atoms with E-state index in [0.29, 0.717) is 0 Å². The van der Waals surface area contributed by atoms with E-state index in [4.69, 9.17) is 0 Å². The first kappa shape index (κ1) is 9.42. The minimum atomic E-state index is -0.388. The lowest BCUT2D eigenvalue weighted by molar-refractivity contribution is -0.384. The van der Waals surface area contributed by atoms with Crippen LogP contribution in [0.3, 0.4) is 0 Å². The van der Waals surface area contributed by atoms with Gasteiger partial charge in [0.2, 0.25) is 0 Å². The third-order valence-electron chi connectivity index (χ3n) is 1.82. The van der Waals surface area contributed by atoms with Crippen LogP contribution in [0.2, 0.25) is 0 Å². The van der Waals surface area contributed by atoms with Crippen molar-refractivity contribution in [2.75, 3.05) is 6.26 Å². The van der Waals surface area contributed by atoms with Crippen molar-refractivity contribution in [1.82, 2.24) is 4.37 Å². The highest BCUT2D eigenvalue weighted by Gasteiger charge is 2.10. The van der Waals surface area contributed by atoms with Gasteiger partial charge < -0.3 is 0 Å². The van der Waals surface area contributed by atoms with Gasteiger partial charge in [0.15, 0.2) is 0 Å². The average molecular weight is 226 g/mol. The molecule has 14 heavy (non-hydrogen) atoms. The molecule has 0 bridgehead atoms. The second kappa shape index (κ2) is 3.55. The Morgan fingerprint density at radius 3 is 3.00 bits per heavy atom. The number of thioether (sulfide) groups is 1. The van der Waals surface area contributed by atoms with E-state index in [1.807, 2.05) is 6.26 Å². The fraction of sp³-hybridized carbons (Fsp3) is 0.125. The number of benzene rings is 1. The third kappa shape index (κ3) is 1.46. The van der Waals surface area contributed by atoms with E-state index in [1.165, 1.54) is 29.4 Å². The zero-order valence-corrected chi connectivity index (χ0v) is 8.89. The molecule has 0 N–H and O–H groups in total. The molecule has 0 aliphatic carbocycles. The van der Waals surface area contributed by atoms with Crippen LogP contribution in [0, 0.1) is 10.1 Å². The van der Waals surface area contributed by atoms with Crippen molar-refractivity contribution in [1.29, 1.82) is 0 Å². The molecule has 0 saturated heterocycles. The Labute approximate surface area is 88.3 Å². The van der Waals surface area contributed by atoms with Gasteiger partial charge in [-0.1, -0.05) is 0 Å². The lowest BCUT2D eigenvalue weighted by Crippen LogP contribution is -1.86. The van der Waals surface area contributed by atoms with Crippen molar-refractivity contribution in [2.45, 2.75) is 5.03 Å². The van der Waals surface area contributed by atoms with Crippen LogP contribution in [0.1, 0.15) is 0 Å². The summed E-state index contributed by atoms with van der Waals surface area (Å²) >= 11 is 2.87. The van der Waals surface area contributed by atoms with Gasteiger partial charge in [-0.05, 0) is 23.9 Å². The van der Waals surface area contributed by atoms with E-state index in [-0.39, 0.29) is 10.6 Å². The quantitative estimate of drug-likeness (QED) is 0.449. The summed E-state index contributed by atoms with van der Waals surface area (Å²) in [6.45, 7) is 0. The van der Waals surface area contributed by atoms with Crippen molar-refractivity contribution in [3.63, 3.8) is 0 Å². The fourth-order valence-corrected chi connectivity index (χ4v) is 2.69. The molecule has 1 heterocycles. The van der Waals surface area contributed by atoms with Crippen LogP contribution in [0.5, 0.6) is 0 Å². The maximum absolute atomic E-state index is 10.5. The predicted octanol–water partition coefficient (Wildman–Crippen LogP) is 2.93. The Balaban J connectivity index is 2.67. The molecule has 0 atom stereocenters. The van der Waals surface area contributed by atoms with Gasteiger partial charge in [-0.2, -0.15) is 4.37 Å². The van der Waals surface area contributed by atoms with Gasteiger partial charge in [0.1, 0.15) is 5.03 Å². The second-order valence-electron chi connectivity index (χ2n) is 2.63. The van der Waals surface area contributed by atoms with Crippen molar-refractivity contribution in [2.24, 2.45) is 0 Å². The minimum Gasteiger partial charge on any atom is -0.258 e. The lowest BCUT2D eigenvalue weighted by Gasteiger charge is -1.92. The highest BCUT2D eigenvalue weighted by Crippen LogP contribution is 2.31. The molecule has 4 nitrogen and oxygen atoms in total. The number of nitro benzene ring substituents is 1. The summed E-state index contributed by atoms with van der Waals surface area (Å²) in [6.07, 6.45) is 1.91. The number of hydrogen-bond acceptors (Lipinski definition) is 5. The first-order valence-corrected chi connectivity index (χ1v) is 5.80. The SMILES string of the molecule is CSc1nsc2ccc([N+](=O)[O-])cc12. The number of non-ortho nitro benzene ring substituents is 1. The maximum Gasteiger partial charge on any atom is 0.270 e. The fourth-order valence-electron chi connectivity index (χ4n) is 1.17. The smallest absolute Gasteiger partial charge is 0.258 e. The Hall–Kier alpha value is -1.14. The van der Waals surface area contributed by atoms with Crippen molar-refractivity contribution in [3.8, 4) is 0 Å². The van der Waals surface area contributed by atoms with Crippen LogP contribution in [-0.2, 0) is 0 Å². The highest BCUT2D eigenvalue weighted by atomic mass is 32.2. The van der Waals surface area contributed by atoms with E-state index in [9.17, 15) is 10.1 Å². The number of rotatable bonds is 2. The molecule has 2 rings (SSSR count). The first-order chi connectivity index (χ1) is 6.72. The normalized spacial score (nSPS) is 10.6. The van der Waals surface area contributed by atoms with Crippen LogP contribution in [0.25, 0.3) is 10.1 Å². The lowest BCUT2D eigenvalue weighted by atomic mass is 10.2. The topological polar surface area (TPSA) is 56.0 Å². The third-order valence-corrected chi connectivity index (χ3v) is 3.46. The standard InChI is InChI=1S/C8H6N2O2S2/c1-13-8-6-4-5(10(11)12)2-3-7(6)14-9-8/h2-4H,1H3. The predicted molar refractivity (Wildman–Crippen MR) is 58.1 cm³/mol. The number of fused-ring (bicyclic) bond motifs is 1. The van der Waals surface area contributed by atoms with Crippen LogP contribution >= 0.6 is 23.3 Å². The summed E-state index contributed by atoms with van der Waals surface area (Å²) < 4.78 is 5.18. The minimum absolute atomic E-state index is 0.119. The monoisotopic (exact) mass is 226 g/mol. The van der Waals surface area contributed by atoms with Gasteiger partial charge in [0, 0.05) is 17.5 Å². The zero-order valence-electron chi connectivity index (χ0n) is 7.26. The Kier molecular flexibility index (Phi) is 2.39. The second-order valence-corrected chi connectivity index (χ2v) is 4.23. The van der Waals surface area contributed by atoms with Gasteiger partial charge >= 0.3 is 0 Å². The molecule has 1 aromatic heterocycles. The summed E-state index contributed by atoms with van der Waals surface area (Å²) in [5, 5.41) is 12.3. The molecule has 0 radical (unpaired) electrons. The highest BCUT2D eigenvalue weighted by molar-refractivity contribution is 7.98. The van der Waals surface area contributed by atoms with Gasteiger partial charge in [-0.15, -0.1) is 11.8 Å². The molecule has 0 saturated carbocycles. The van der Waals surface area contributed by atoms with Crippen LogP contribution in [0.15, 0.2) is 23.2 Å². The van der Waals surface area contributed by atoms with Gasteiger partial charge in [0.25, 0.3) is 5.69 Å². The summed E-state index contributed by atoms with van der Waals surface area (Å²) in [5.74, 6) is 0. The molecular weight excluding hydrogens is 220 g/mol. The van der Waals surface area contributed by atoms with E-state index < -0.39 is 0 Å². The molecule has 0 aliphatic heterocycles. The Morgan fingerprint density at radius 2 is 2.36 bits per heavy atom. The number of aromatic nitrogens is 1. The number of nitrogens with zero attached hydrogens (tertiary/aromatic N) is 2. The molecule has 0 amide bonds. The molecular formula is C8H6N2O2S2. The van der Waals surface area contributed by atoms with Crippen LogP contribution in [-0.4, -0.2) is 15.6 Å². The zero-order chi connectivity index (χ0) is 10.1. The van der Waals surface area contributed by atoms with Gasteiger partial charge in [-0.25, -0.2) is 0 Å². The average Bonchev–Trinajstić information content (AvgIpc) is 2.59. The van der Waals surface area contributed by atoms with Crippen molar-refractivity contribution >= 4 is 39.1 Å². The van der Waals surface area contributed by atoms with Crippen LogP contribution < -0.4 is 0 Å². The largest absolute Gasteiger partial charge is 0.270 e. The number of hydrogen-bond donors (Lipinski definition) is 0. The molecule has 0 unspecified atom stereocenters. The van der Waals surface area contributed by atoms with E-state index in [0.717, 1.165) is 15.1 Å². The van der Waals surface area contributed by atoms with Gasteiger partial charge in [-0.3, -0.25) is 10.1 Å².